The van der Waals surface area contributed by atoms with E-state index in [-0.39, 0.29) is 13.2 Å². The fourth-order valence-corrected chi connectivity index (χ4v) is 3.45. The third-order valence-corrected chi connectivity index (χ3v) is 5.18. The smallest absolute Gasteiger partial charge is 0.119 e. The minimum Gasteiger partial charge on any atom is -0.491 e. The largest absolute Gasteiger partial charge is 0.491 e. The van der Waals surface area contributed by atoms with Crippen molar-refractivity contribution in [2.75, 3.05) is 18.1 Å². The van der Waals surface area contributed by atoms with Crippen molar-refractivity contribution in [2.24, 2.45) is 0 Å². The number of aliphatic hydroxyl groups excluding tert-OH is 2. The molecule has 0 saturated heterocycles. The molecule has 0 aromatic heterocycles. The van der Waals surface area contributed by atoms with Gasteiger partial charge in [-0.2, -0.15) is 0 Å². The second-order valence-electron chi connectivity index (χ2n) is 7.65. The van der Waals surface area contributed by atoms with Gasteiger partial charge in [0.05, 0.1) is 6.61 Å². The summed E-state index contributed by atoms with van der Waals surface area (Å²) in [7, 11) is 0. The molecule has 4 rings (SSSR count). The van der Waals surface area contributed by atoms with Gasteiger partial charge >= 0.3 is 0 Å². The van der Waals surface area contributed by atoms with Gasteiger partial charge in [0.2, 0.25) is 0 Å². The summed E-state index contributed by atoms with van der Waals surface area (Å²) in [6, 6.07) is 36.8. The maximum atomic E-state index is 9.38. The third kappa shape index (κ3) is 6.10. The zero-order valence-corrected chi connectivity index (χ0v) is 18.3. The van der Waals surface area contributed by atoms with Crippen LogP contribution < -0.4 is 9.64 Å². The summed E-state index contributed by atoms with van der Waals surface area (Å²) in [5, 5.41) is 18.2. The van der Waals surface area contributed by atoms with Gasteiger partial charge in [-0.3, -0.25) is 0 Å². The maximum Gasteiger partial charge on any atom is 0.119 e. The molecule has 0 aliphatic rings. The summed E-state index contributed by atoms with van der Waals surface area (Å²) >= 11 is 0. The summed E-state index contributed by atoms with van der Waals surface area (Å²) in [5.41, 5.74) is 5.47. The van der Waals surface area contributed by atoms with E-state index in [0.717, 1.165) is 28.2 Å². The Kier molecular flexibility index (Phi) is 7.54. The summed E-state index contributed by atoms with van der Waals surface area (Å²) in [5.74, 6) is 0.658. The highest BCUT2D eigenvalue weighted by atomic mass is 16.5. The van der Waals surface area contributed by atoms with Crippen LogP contribution in [0.3, 0.4) is 0 Å². The Hall–Kier alpha value is -3.86. The molecule has 0 radical (unpaired) electrons. The number of nitrogens with zero attached hydrogens (tertiary/aromatic N) is 1. The fourth-order valence-electron chi connectivity index (χ4n) is 3.45. The Morgan fingerprint density at radius 2 is 1.09 bits per heavy atom. The molecule has 4 aromatic rings. The zero-order chi connectivity index (χ0) is 22.9. The molecule has 1 atom stereocenters. The summed E-state index contributed by atoms with van der Waals surface area (Å²) in [4.78, 5) is 2.24. The summed E-state index contributed by atoms with van der Waals surface area (Å²) in [6.45, 7) is -0.241. The van der Waals surface area contributed by atoms with Crippen LogP contribution >= 0.6 is 0 Å². The number of aliphatic hydroxyl groups is 2. The van der Waals surface area contributed by atoms with Crippen LogP contribution in [-0.4, -0.2) is 29.5 Å². The van der Waals surface area contributed by atoms with Crippen molar-refractivity contribution in [1.29, 1.82) is 0 Å². The van der Waals surface area contributed by atoms with Crippen molar-refractivity contribution in [2.45, 2.75) is 6.10 Å². The molecule has 4 aromatic carbocycles. The zero-order valence-electron chi connectivity index (χ0n) is 18.3. The summed E-state index contributed by atoms with van der Waals surface area (Å²) < 4.78 is 5.45. The van der Waals surface area contributed by atoms with E-state index in [1.54, 1.807) is 0 Å². The molecule has 4 heteroatoms. The molecule has 4 nitrogen and oxygen atoms in total. The lowest BCUT2D eigenvalue weighted by Gasteiger charge is -2.25. The number of ether oxygens (including phenoxy) is 1. The molecule has 0 amide bonds. The van der Waals surface area contributed by atoms with Crippen LogP contribution in [0.2, 0.25) is 0 Å². The molecular formula is C29H27NO3. The van der Waals surface area contributed by atoms with Crippen LogP contribution in [0.25, 0.3) is 12.2 Å². The normalized spacial score (nSPS) is 11.9. The molecule has 0 fully saturated rings. The average molecular weight is 438 g/mol. The summed E-state index contributed by atoms with van der Waals surface area (Å²) in [6.07, 6.45) is 3.25. The fraction of sp³-hybridized carbons (Fsp3) is 0.103. The SMILES string of the molecule is OCC(O)COc1ccc(C=Cc2ccc(N(c3ccccc3)c3ccccc3)cc2)cc1. The molecule has 0 saturated carbocycles. The van der Waals surface area contributed by atoms with Gasteiger partial charge in [0.25, 0.3) is 0 Å². The van der Waals surface area contributed by atoms with Crippen molar-refractivity contribution in [3.05, 3.63) is 120 Å². The number of anilines is 3. The molecule has 0 heterocycles. The van der Waals surface area contributed by atoms with Gasteiger partial charge in [0, 0.05) is 17.1 Å². The maximum absolute atomic E-state index is 9.38. The highest BCUT2D eigenvalue weighted by Gasteiger charge is 2.11. The minimum atomic E-state index is -0.868. The number of benzene rings is 4. The molecule has 33 heavy (non-hydrogen) atoms. The highest BCUT2D eigenvalue weighted by molar-refractivity contribution is 5.78. The number of hydrogen-bond donors (Lipinski definition) is 2. The van der Waals surface area contributed by atoms with E-state index in [1.807, 2.05) is 66.7 Å². The number of hydrogen-bond acceptors (Lipinski definition) is 4. The van der Waals surface area contributed by atoms with Crippen LogP contribution in [0.1, 0.15) is 11.1 Å². The van der Waals surface area contributed by atoms with Gasteiger partial charge in [0.15, 0.2) is 0 Å². The first kappa shape index (κ1) is 22.3. The lowest BCUT2D eigenvalue weighted by Crippen LogP contribution is -2.21. The molecule has 0 aliphatic carbocycles. The Morgan fingerprint density at radius 3 is 1.58 bits per heavy atom. The topological polar surface area (TPSA) is 52.9 Å². The number of para-hydroxylation sites is 2. The third-order valence-electron chi connectivity index (χ3n) is 5.18. The first-order valence-electron chi connectivity index (χ1n) is 10.9. The Balaban J connectivity index is 1.47. The predicted molar refractivity (Wildman–Crippen MR) is 135 cm³/mol. The molecule has 2 N–H and O–H groups in total. The van der Waals surface area contributed by atoms with Crippen molar-refractivity contribution in [3.8, 4) is 5.75 Å². The molecule has 0 bridgehead atoms. The average Bonchev–Trinajstić information content (AvgIpc) is 2.89. The molecule has 0 spiro atoms. The van der Waals surface area contributed by atoms with E-state index in [0.29, 0.717) is 5.75 Å². The highest BCUT2D eigenvalue weighted by Crippen LogP contribution is 2.34. The monoisotopic (exact) mass is 437 g/mol. The van der Waals surface area contributed by atoms with Gasteiger partial charge in [-0.15, -0.1) is 0 Å². The van der Waals surface area contributed by atoms with Crippen molar-refractivity contribution < 1.29 is 14.9 Å². The van der Waals surface area contributed by atoms with Crippen molar-refractivity contribution in [1.82, 2.24) is 0 Å². The van der Waals surface area contributed by atoms with Gasteiger partial charge in [0.1, 0.15) is 18.5 Å². The Bertz CT molecular complexity index is 1100. The molecule has 1 unspecified atom stereocenters. The van der Waals surface area contributed by atoms with Gasteiger partial charge < -0.3 is 19.8 Å². The van der Waals surface area contributed by atoms with Crippen LogP contribution in [0.4, 0.5) is 17.1 Å². The number of rotatable bonds is 9. The standard InChI is InChI=1S/C29H27NO3/c31-21-28(32)22-33-29-19-15-24(16-20-29)12-11-23-13-17-27(18-14-23)30(25-7-3-1-4-8-25)26-9-5-2-6-10-26/h1-20,28,31-32H,21-22H2. The minimum absolute atomic E-state index is 0.0705. The van der Waals surface area contributed by atoms with Gasteiger partial charge in [-0.25, -0.2) is 0 Å². The lowest BCUT2D eigenvalue weighted by atomic mass is 10.1. The van der Waals surface area contributed by atoms with Crippen LogP contribution in [0.5, 0.6) is 5.75 Å². The van der Waals surface area contributed by atoms with Gasteiger partial charge in [-0.1, -0.05) is 72.8 Å². The van der Waals surface area contributed by atoms with E-state index in [1.165, 1.54) is 0 Å². The first-order chi connectivity index (χ1) is 16.2. The van der Waals surface area contributed by atoms with E-state index in [2.05, 4.69) is 59.5 Å². The lowest BCUT2D eigenvalue weighted by molar-refractivity contribution is 0.0536. The molecule has 166 valence electrons. The predicted octanol–water partition coefficient (Wildman–Crippen LogP) is 6.06. The van der Waals surface area contributed by atoms with Crippen molar-refractivity contribution >= 4 is 29.2 Å². The molecular weight excluding hydrogens is 410 g/mol. The Morgan fingerprint density at radius 1 is 0.636 bits per heavy atom. The van der Waals surface area contributed by atoms with Crippen LogP contribution in [0, 0.1) is 0 Å². The Labute approximate surface area is 194 Å². The quantitative estimate of drug-likeness (QED) is 0.313. The van der Waals surface area contributed by atoms with Crippen LogP contribution in [-0.2, 0) is 0 Å². The van der Waals surface area contributed by atoms with Crippen LogP contribution in [0.15, 0.2) is 109 Å². The second kappa shape index (κ2) is 11.1. The van der Waals surface area contributed by atoms with E-state index < -0.39 is 6.10 Å². The molecule has 0 aliphatic heterocycles. The first-order valence-corrected chi connectivity index (χ1v) is 10.9. The van der Waals surface area contributed by atoms with Crippen molar-refractivity contribution in [3.63, 3.8) is 0 Å². The van der Waals surface area contributed by atoms with E-state index in [4.69, 9.17) is 9.84 Å². The van der Waals surface area contributed by atoms with E-state index in [9.17, 15) is 5.11 Å². The second-order valence-corrected chi connectivity index (χ2v) is 7.65. The van der Waals surface area contributed by atoms with E-state index >= 15 is 0 Å². The van der Waals surface area contributed by atoms with Gasteiger partial charge in [-0.05, 0) is 59.7 Å².